The number of nitrogens with one attached hydrogen (secondary N) is 2. The van der Waals surface area contributed by atoms with Crippen LogP contribution in [0.15, 0.2) is 54.6 Å². The number of ether oxygens (including phenoxy) is 2. The Morgan fingerprint density at radius 2 is 1.48 bits per heavy atom. The predicted molar refractivity (Wildman–Crippen MR) is 113 cm³/mol. The van der Waals surface area contributed by atoms with Gasteiger partial charge in [-0.05, 0) is 54.6 Å². The lowest BCUT2D eigenvalue weighted by Crippen LogP contribution is -2.16. The highest BCUT2D eigenvalue weighted by Gasteiger charge is 2.17. The smallest absolute Gasteiger partial charge is 0.259 e. The molecule has 31 heavy (non-hydrogen) atoms. The highest BCUT2D eigenvalue weighted by Crippen LogP contribution is 2.30. The summed E-state index contributed by atoms with van der Waals surface area (Å²) in [5.74, 6) is -2.27. The SMILES string of the molecule is COc1ccc(NC(=O)c2cc(F)ccc2OC)cc1NC(=O)c1ccc(Cl)cc1F. The molecule has 2 amide bonds. The van der Waals surface area contributed by atoms with Crippen molar-refractivity contribution in [2.24, 2.45) is 0 Å². The van der Waals surface area contributed by atoms with Gasteiger partial charge in [0.05, 0.1) is 31.0 Å². The third-order valence-corrected chi connectivity index (χ3v) is 4.52. The first-order chi connectivity index (χ1) is 14.8. The van der Waals surface area contributed by atoms with Gasteiger partial charge in [-0.25, -0.2) is 8.78 Å². The Kier molecular flexibility index (Phi) is 6.71. The van der Waals surface area contributed by atoms with Crippen molar-refractivity contribution in [1.29, 1.82) is 0 Å². The van der Waals surface area contributed by atoms with Gasteiger partial charge in [0.25, 0.3) is 11.8 Å². The number of halogens is 3. The van der Waals surface area contributed by atoms with E-state index in [1.54, 1.807) is 0 Å². The Hall–Kier alpha value is -3.65. The van der Waals surface area contributed by atoms with Gasteiger partial charge in [-0.1, -0.05) is 11.6 Å². The fraction of sp³-hybridized carbons (Fsp3) is 0.0909. The number of benzene rings is 3. The first-order valence-electron chi connectivity index (χ1n) is 8.91. The summed E-state index contributed by atoms with van der Waals surface area (Å²) >= 11 is 5.72. The van der Waals surface area contributed by atoms with Gasteiger partial charge >= 0.3 is 0 Å². The molecule has 3 aromatic rings. The second kappa shape index (κ2) is 9.44. The molecule has 0 aliphatic heterocycles. The largest absolute Gasteiger partial charge is 0.496 e. The second-order valence-electron chi connectivity index (χ2n) is 6.29. The number of carbonyl (C=O) groups excluding carboxylic acids is 2. The Bertz CT molecular complexity index is 1150. The van der Waals surface area contributed by atoms with E-state index >= 15 is 0 Å². The number of amides is 2. The van der Waals surface area contributed by atoms with Crippen molar-refractivity contribution in [3.8, 4) is 11.5 Å². The van der Waals surface area contributed by atoms with Gasteiger partial charge in [-0.2, -0.15) is 0 Å². The molecule has 0 radical (unpaired) electrons. The molecule has 0 unspecified atom stereocenters. The summed E-state index contributed by atoms with van der Waals surface area (Å²) in [4.78, 5) is 25.1. The number of rotatable bonds is 6. The maximum Gasteiger partial charge on any atom is 0.259 e. The molecule has 6 nitrogen and oxygen atoms in total. The number of hydrogen-bond donors (Lipinski definition) is 2. The van der Waals surface area contributed by atoms with Crippen molar-refractivity contribution in [3.05, 3.63) is 82.4 Å². The van der Waals surface area contributed by atoms with Crippen LogP contribution in [0.3, 0.4) is 0 Å². The lowest BCUT2D eigenvalue weighted by Gasteiger charge is -2.14. The lowest BCUT2D eigenvalue weighted by molar-refractivity contribution is 0.101. The first kappa shape index (κ1) is 22.0. The van der Waals surface area contributed by atoms with Crippen LogP contribution in [0.1, 0.15) is 20.7 Å². The molecule has 0 fully saturated rings. The van der Waals surface area contributed by atoms with Crippen molar-refractivity contribution in [2.45, 2.75) is 0 Å². The zero-order chi connectivity index (χ0) is 22.5. The zero-order valence-electron chi connectivity index (χ0n) is 16.5. The molecule has 0 atom stereocenters. The van der Waals surface area contributed by atoms with Crippen LogP contribution in [0, 0.1) is 11.6 Å². The van der Waals surface area contributed by atoms with E-state index < -0.39 is 23.4 Å². The van der Waals surface area contributed by atoms with E-state index in [0.29, 0.717) is 0 Å². The second-order valence-corrected chi connectivity index (χ2v) is 6.73. The summed E-state index contributed by atoms with van der Waals surface area (Å²) in [6, 6.07) is 11.7. The molecule has 0 saturated carbocycles. The van der Waals surface area contributed by atoms with Crippen molar-refractivity contribution in [3.63, 3.8) is 0 Å². The van der Waals surface area contributed by atoms with Crippen LogP contribution in [-0.4, -0.2) is 26.0 Å². The molecule has 0 saturated heterocycles. The first-order valence-corrected chi connectivity index (χ1v) is 9.29. The number of methoxy groups -OCH3 is 2. The van der Waals surface area contributed by atoms with Gasteiger partial charge in [0.1, 0.15) is 23.1 Å². The summed E-state index contributed by atoms with van der Waals surface area (Å²) in [7, 11) is 2.75. The van der Waals surface area contributed by atoms with Crippen molar-refractivity contribution in [1.82, 2.24) is 0 Å². The van der Waals surface area contributed by atoms with Gasteiger partial charge in [-0.3, -0.25) is 9.59 Å². The molecule has 0 aromatic heterocycles. The highest BCUT2D eigenvalue weighted by molar-refractivity contribution is 6.30. The molecule has 0 heterocycles. The van der Waals surface area contributed by atoms with Crippen LogP contribution < -0.4 is 20.1 Å². The molecule has 9 heteroatoms. The van der Waals surface area contributed by atoms with Crippen LogP contribution in [0.5, 0.6) is 11.5 Å². The topological polar surface area (TPSA) is 76.7 Å². The summed E-state index contributed by atoms with van der Waals surface area (Å²) in [6.45, 7) is 0. The van der Waals surface area contributed by atoms with Crippen LogP contribution in [0.25, 0.3) is 0 Å². The monoisotopic (exact) mass is 446 g/mol. The minimum Gasteiger partial charge on any atom is -0.496 e. The zero-order valence-corrected chi connectivity index (χ0v) is 17.2. The Morgan fingerprint density at radius 3 is 2.16 bits per heavy atom. The van der Waals surface area contributed by atoms with E-state index in [0.717, 1.165) is 12.1 Å². The van der Waals surface area contributed by atoms with E-state index in [2.05, 4.69) is 10.6 Å². The third kappa shape index (κ3) is 5.10. The van der Waals surface area contributed by atoms with E-state index in [1.165, 1.54) is 56.7 Å². The van der Waals surface area contributed by atoms with Crippen molar-refractivity contribution in [2.75, 3.05) is 24.9 Å². The van der Waals surface area contributed by atoms with Gasteiger partial charge in [0, 0.05) is 10.7 Å². The van der Waals surface area contributed by atoms with Crippen molar-refractivity contribution >= 4 is 34.8 Å². The molecular weight excluding hydrogens is 430 g/mol. The Morgan fingerprint density at radius 1 is 0.806 bits per heavy atom. The normalized spacial score (nSPS) is 10.4. The van der Waals surface area contributed by atoms with Crippen LogP contribution in [0.4, 0.5) is 20.2 Å². The maximum absolute atomic E-state index is 14.1. The number of anilines is 2. The van der Waals surface area contributed by atoms with E-state index in [1.807, 2.05) is 0 Å². The average molecular weight is 447 g/mol. The Balaban J connectivity index is 1.86. The molecule has 0 spiro atoms. The van der Waals surface area contributed by atoms with E-state index in [4.69, 9.17) is 21.1 Å². The molecule has 2 N–H and O–H groups in total. The number of hydrogen-bond acceptors (Lipinski definition) is 4. The molecule has 0 aliphatic carbocycles. The molecule has 0 bridgehead atoms. The predicted octanol–water partition coefficient (Wildman–Crippen LogP) is 5.14. The molecule has 3 aromatic carbocycles. The summed E-state index contributed by atoms with van der Waals surface area (Å²) in [6.07, 6.45) is 0. The summed E-state index contributed by atoms with van der Waals surface area (Å²) < 4.78 is 37.9. The average Bonchev–Trinajstić information content (AvgIpc) is 2.73. The molecule has 160 valence electrons. The van der Waals surface area contributed by atoms with Gasteiger partial charge in [0.15, 0.2) is 0 Å². The molecular formula is C22H17ClF2N2O4. The van der Waals surface area contributed by atoms with Gasteiger partial charge in [-0.15, -0.1) is 0 Å². The molecule has 0 aliphatic rings. The van der Waals surface area contributed by atoms with E-state index in [9.17, 15) is 18.4 Å². The van der Waals surface area contributed by atoms with Crippen molar-refractivity contribution < 1.29 is 27.8 Å². The fourth-order valence-electron chi connectivity index (χ4n) is 2.80. The summed E-state index contributed by atoms with van der Waals surface area (Å²) in [5.41, 5.74) is 0.243. The third-order valence-electron chi connectivity index (χ3n) is 4.29. The maximum atomic E-state index is 14.1. The minimum absolute atomic E-state index is 0.00728. The van der Waals surface area contributed by atoms with Gasteiger partial charge < -0.3 is 20.1 Å². The number of carbonyl (C=O) groups is 2. The van der Waals surface area contributed by atoms with Crippen LogP contribution >= 0.6 is 11.6 Å². The highest BCUT2D eigenvalue weighted by atomic mass is 35.5. The minimum atomic E-state index is -0.786. The lowest BCUT2D eigenvalue weighted by atomic mass is 10.1. The quantitative estimate of drug-likeness (QED) is 0.549. The van der Waals surface area contributed by atoms with Gasteiger partial charge in [0.2, 0.25) is 0 Å². The van der Waals surface area contributed by atoms with E-state index in [-0.39, 0.29) is 39.0 Å². The van der Waals surface area contributed by atoms with Crippen LogP contribution in [0.2, 0.25) is 5.02 Å². The summed E-state index contributed by atoms with van der Waals surface area (Å²) in [5, 5.41) is 5.30. The van der Waals surface area contributed by atoms with Crippen LogP contribution in [-0.2, 0) is 0 Å². The standard InChI is InChI=1S/C22H17ClF2N2O4/c1-30-19-7-4-13(24)10-16(19)22(29)26-14-5-8-20(31-2)18(11-14)27-21(28)15-6-3-12(23)9-17(15)25/h3-11H,1-2H3,(H,26,29)(H,27,28). The fourth-order valence-corrected chi connectivity index (χ4v) is 2.96. The molecule has 3 rings (SSSR count). The Labute approximate surface area is 181 Å².